The fourth-order valence-electron chi connectivity index (χ4n) is 1.80. The molecule has 0 atom stereocenters. The lowest BCUT2D eigenvalue weighted by molar-refractivity contribution is 0.800. The Morgan fingerprint density at radius 3 is 3.19 bits per heavy atom. The molecule has 3 heterocycles. The third-order valence-corrected chi connectivity index (χ3v) is 3.36. The molecule has 0 unspecified atom stereocenters. The van der Waals surface area contributed by atoms with Crippen LogP contribution in [0.25, 0.3) is 10.7 Å². The van der Waals surface area contributed by atoms with Gasteiger partial charge in [0, 0.05) is 12.7 Å². The number of nitrogens with zero attached hydrogens (tertiary/aromatic N) is 2. The minimum Gasteiger partial charge on any atom is -0.370 e. The van der Waals surface area contributed by atoms with Crippen molar-refractivity contribution in [2.45, 2.75) is 12.8 Å². The van der Waals surface area contributed by atoms with Gasteiger partial charge in [0.25, 0.3) is 5.56 Å². The highest BCUT2D eigenvalue weighted by molar-refractivity contribution is 7.13. The number of aromatic nitrogens is 3. The molecule has 5 nitrogen and oxygen atoms in total. The highest BCUT2D eigenvalue weighted by Gasteiger charge is 2.15. The fraction of sp³-hybridized carbons (Fsp3) is 0.300. The zero-order valence-electron chi connectivity index (χ0n) is 8.49. The lowest BCUT2D eigenvalue weighted by Gasteiger charge is -2.15. The number of hydrogen-bond acceptors (Lipinski definition) is 5. The van der Waals surface area contributed by atoms with Crippen molar-refractivity contribution in [1.29, 1.82) is 0 Å². The van der Waals surface area contributed by atoms with E-state index in [1.54, 1.807) is 11.7 Å². The van der Waals surface area contributed by atoms with Crippen molar-refractivity contribution in [3.63, 3.8) is 0 Å². The van der Waals surface area contributed by atoms with Gasteiger partial charge in [-0.1, -0.05) is 0 Å². The van der Waals surface area contributed by atoms with Crippen LogP contribution >= 0.6 is 11.3 Å². The number of thiazole rings is 1. The Labute approximate surface area is 95.6 Å². The summed E-state index contributed by atoms with van der Waals surface area (Å²) in [7, 11) is 0. The number of hydrogen-bond donors (Lipinski definition) is 2. The molecule has 6 heteroatoms. The summed E-state index contributed by atoms with van der Waals surface area (Å²) in [5.41, 5.74) is 2.45. The molecule has 82 valence electrons. The van der Waals surface area contributed by atoms with Crippen molar-refractivity contribution in [1.82, 2.24) is 15.0 Å². The monoisotopic (exact) mass is 234 g/mol. The first-order chi connectivity index (χ1) is 7.84. The van der Waals surface area contributed by atoms with E-state index in [0.717, 1.165) is 35.6 Å². The molecule has 0 saturated heterocycles. The van der Waals surface area contributed by atoms with Crippen LogP contribution in [0, 0.1) is 0 Å². The number of nitrogens with one attached hydrogen (secondary N) is 2. The third-order valence-electron chi connectivity index (χ3n) is 2.58. The number of H-pyrrole nitrogens is 1. The highest BCUT2D eigenvalue weighted by atomic mass is 32.1. The number of rotatable bonds is 1. The van der Waals surface area contributed by atoms with Crippen molar-refractivity contribution in [2.24, 2.45) is 0 Å². The second kappa shape index (κ2) is 3.71. The summed E-state index contributed by atoms with van der Waals surface area (Å²) in [5.74, 6) is 1.32. The summed E-state index contributed by atoms with van der Waals surface area (Å²) in [4.78, 5) is 23.9. The molecule has 0 bridgehead atoms. The first-order valence-corrected chi connectivity index (χ1v) is 5.98. The Hall–Kier alpha value is -1.69. The molecule has 0 fully saturated rings. The quantitative estimate of drug-likeness (QED) is 0.779. The smallest absolute Gasteiger partial charge is 0.256 e. The van der Waals surface area contributed by atoms with Gasteiger partial charge in [-0.2, -0.15) is 0 Å². The fourth-order valence-corrected chi connectivity index (χ4v) is 2.36. The van der Waals surface area contributed by atoms with Crippen molar-refractivity contribution in [3.8, 4) is 10.7 Å². The maximum Gasteiger partial charge on any atom is 0.256 e. The number of fused-ring (bicyclic) bond motifs is 1. The maximum absolute atomic E-state index is 11.8. The molecular formula is C10H10N4OS. The molecule has 0 aromatic carbocycles. The van der Waals surface area contributed by atoms with Crippen molar-refractivity contribution >= 4 is 17.2 Å². The van der Waals surface area contributed by atoms with E-state index in [4.69, 9.17) is 0 Å². The first-order valence-electron chi connectivity index (χ1n) is 5.10. The van der Waals surface area contributed by atoms with E-state index < -0.39 is 0 Å². The molecular weight excluding hydrogens is 224 g/mol. The van der Waals surface area contributed by atoms with Crippen LogP contribution in [0.4, 0.5) is 5.82 Å². The van der Waals surface area contributed by atoms with Crippen LogP contribution in [0.1, 0.15) is 12.0 Å². The predicted molar refractivity (Wildman–Crippen MR) is 62.8 cm³/mol. The van der Waals surface area contributed by atoms with Gasteiger partial charge in [0.1, 0.15) is 5.82 Å². The normalized spacial score (nSPS) is 14.2. The third kappa shape index (κ3) is 1.51. The Bertz CT molecular complexity index is 561. The van der Waals surface area contributed by atoms with E-state index in [2.05, 4.69) is 20.3 Å². The maximum atomic E-state index is 11.8. The Balaban J connectivity index is 2.16. The van der Waals surface area contributed by atoms with E-state index in [9.17, 15) is 4.79 Å². The molecule has 1 aliphatic rings. The van der Waals surface area contributed by atoms with E-state index >= 15 is 0 Å². The molecule has 3 rings (SSSR count). The summed E-state index contributed by atoms with van der Waals surface area (Å²) >= 11 is 1.46. The van der Waals surface area contributed by atoms with E-state index in [1.807, 2.05) is 0 Å². The van der Waals surface area contributed by atoms with Gasteiger partial charge in [-0.05, 0) is 12.8 Å². The minimum absolute atomic E-state index is 0.0411. The Morgan fingerprint density at radius 1 is 1.44 bits per heavy atom. The van der Waals surface area contributed by atoms with Gasteiger partial charge in [-0.3, -0.25) is 9.78 Å². The van der Waals surface area contributed by atoms with Gasteiger partial charge in [0.05, 0.1) is 16.0 Å². The van der Waals surface area contributed by atoms with Gasteiger partial charge in [0.15, 0.2) is 5.82 Å². The lowest BCUT2D eigenvalue weighted by atomic mass is 10.1. The topological polar surface area (TPSA) is 70.7 Å². The Kier molecular flexibility index (Phi) is 2.21. The number of aromatic amines is 1. The van der Waals surface area contributed by atoms with Crippen molar-refractivity contribution in [3.05, 3.63) is 27.6 Å². The largest absolute Gasteiger partial charge is 0.370 e. The van der Waals surface area contributed by atoms with Crippen LogP contribution in [-0.2, 0) is 6.42 Å². The first kappa shape index (κ1) is 9.53. The summed E-state index contributed by atoms with van der Waals surface area (Å²) in [6, 6.07) is 0. The minimum atomic E-state index is -0.0411. The average molecular weight is 234 g/mol. The zero-order chi connectivity index (χ0) is 11.0. The summed E-state index contributed by atoms with van der Waals surface area (Å²) < 4.78 is 0. The zero-order valence-corrected chi connectivity index (χ0v) is 9.30. The average Bonchev–Trinajstić information content (AvgIpc) is 2.82. The summed E-state index contributed by atoms with van der Waals surface area (Å²) in [5, 5.41) is 3.16. The van der Waals surface area contributed by atoms with Crippen LogP contribution in [-0.4, -0.2) is 21.5 Å². The highest BCUT2D eigenvalue weighted by Crippen LogP contribution is 2.22. The molecule has 0 amide bonds. The lowest BCUT2D eigenvalue weighted by Crippen LogP contribution is -2.23. The predicted octanol–water partition coefficient (Wildman–Crippen LogP) is 1.25. The molecule has 2 N–H and O–H groups in total. The van der Waals surface area contributed by atoms with Crippen LogP contribution in [0.2, 0.25) is 0 Å². The van der Waals surface area contributed by atoms with Gasteiger partial charge in [-0.25, -0.2) is 4.98 Å². The molecule has 0 radical (unpaired) electrons. The summed E-state index contributed by atoms with van der Waals surface area (Å²) in [6.45, 7) is 0.881. The Morgan fingerprint density at radius 2 is 2.38 bits per heavy atom. The van der Waals surface area contributed by atoms with Crippen molar-refractivity contribution < 1.29 is 0 Å². The molecule has 0 aliphatic carbocycles. The summed E-state index contributed by atoms with van der Waals surface area (Å²) in [6.07, 6.45) is 3.49. The standard InChI is InChI=1S/C10H10N4OS/c15-10-6-2-1-3-12-8(6)13-9(14-10)7-4-11-5-16-7/h4-5H,1-3H2,(H2,12,13,14,15). The van der Waals surface area contributed by atoms with Crippen molar-refractivity contribution in [2.75, 3.05) is 11.9 Å². The second-order valence-corrected chi connectivity index (χ2v) is 4.52. The van der Waals surface area contributed by atoms with E-state index in [1.165, 1.54) is 11.3 Å². The SMILES string of the molecule is O=c1[nH]c(-c2cncs2)nc2c1CCCN2. The van der Waals surface area contributed by atoms with Crippen LogP contribution < -0.4 is 10.9 Å². The second-order valence-electron chi connectivity index (χ2n) is 3.64. The van der Waals surface area contributed by atoms with E-state index in [-0.39, 0.29) is 5.56 Å². The molecule has 16 heavy (non-hydrogen) atoms. The molecule has 2 aromatic rings. The van der Waals surface area contributed by atoms with Gasteiger partial charge in [0.2, 0.25) is 0 Å². The molecule has 2 aromatic heterocycles. The van der Waals surface area contributed by atoms with Gasteiger partial charge < -0.3 is 10.3 Å². The van der Waals surface area contributed by atoms with Crippen LogP contribution in [0.3, 0.4) is 0 Å². The molecule has 0 saturated carbocycles. The van der Waals surface area contributed by atoms with E-state index in [0.29, 0.717) is 5.82 Å². The van der Waals surface area contributed by atoms with Gasteiger partial charge in [-0.15, -0.1) is 11.3 Å². The van der Waals surface area contributed by atoms with Crippen LogP contribution in [0.15, 0.2) is 16.5 Å². The molecule has 0 spiro atoms. The van der Waals surface area contributed by atoms with Crippen LogP contribution in [0.5, 0.6) is 0 Å². The van der Waals surface area contributed by atoms with Gasteiger partial charge >= 0.3 is 0 Å². The molecule has 1 aliphatic heterocycles. The number of anilines is 1.